The van der Waals surface area contributed by atoms with E-state index < -0.39 is 0 Å². The minimum absolute atomic E-state index is 0.185. The van der Waals surface area contributed by atoms with Gasteiger partial charge >= 0.3 is 6.03 Å². The summed E-state index contributed by atoms with van der Waals surface area (Å²) in [5, 5.41) is 0. The van der Waals surface area contributed by atoms with E-state index in [0.29, 0.717) is 49.0 Å². The SMILES string of the molecule is COc1ccc(N2CCN(c3cccc(F)c3)C2=O)cc1OCCN1C[C@@H]2C[C@H]1CO2. The molecule has 3 heterocycles. The number of benzene rings is 2. The fourth-order valence-electron chi connectivity index (χ4n) is 4.63. The summed E-state index contributed by atoms with van der Waals surface area (Å²) in [6, 6.07) is 11.9. The first-order valence-electron chi connectivity index (χ1n) is 10.6. The molecule has 5 rings (SSSR count). The van der Waals surface area contributed by atoms with Gasteiger partial charge in [-0.1, -0.05) is 6.07 Å². The molecule has 0 N–H and O–H groups in total. The van der Waals surface area contributed by atoms with Gasteiger partial charge in [-0.05, 0) is 36.8 Å². The summed E-state index contributed by atoms with van der Waals surface area (Å²) in [5.74, 6) is 0.878. The number of anilines is 2. The van der Waals surface area contributed by atoms with Gasteiger partial charge in [0.15, 0.2) is 11.5 Å². The Kier molecular flexibility index (Phi) is 5.41. The van der Waals surface area contributed by atoms with Gasteiger partial charge in [0.05, 0.1) is 19.8 Å². The molecule has 2 atom stereocenters. The predicted molar refractivity (Wildman–Crippen MR) is 115 cm³/mol. The standard InChI is InChI=1S/C23H26FN3O4/c1-29-21-6-5-18(13-22(21)30-10-9-25-14-20-12-19(25)15-31-20)27-8-7-26(23(27)28)17-4-2-3-16(24)11-17/h2-6,11,13,19-20H,7-10,12,14-15H2,1H3/t19-,20-/m0/s1. The molecule has 0 aliphatic carbocycles. The maximum atomic E-state index is 13.6. The minimum atomic E-state index is -0.360. The zero-order valence-electron chi connectivity index (χ0n) is 17.5. The van der Waals surface area contributed by atoms with Gasteiger partial charge in [-0.25, -0.2) is 9.18 Å². The van der Waals surface area contributed by atoms with E-state index in [2.05, 4.69) is 4.90 Å². The molecule has 0 saturated carbocycles. The zero-order chi connectivity index (χ0) is 21.4. The van der Waals surface area contributed by atoms with E-state index in [1.54, 1.807) is 29.0 Å². The lowest BCUT2D eigenvalue weighted by molar-refractivity contribution is 0.0257. The number of rotatable bonds is 7. The summed E-state index contributed by atoms with van der Waals surface area (Å²) >= 11 is 0. The van der Waals surface area contributed by atoms with Crippen molar-refractivity contribution in [2.45, 2.75) is 18.6 Å². The van der Waals surface area contributed by atoms with Gasteiger partial charge in [0.1, 0.15) is 12.4 Å². The molecule has 2 bridgehead atoms. The van der Waals surface area contributed by atoms with Gasteiger partial charge in [0.2, 0.25) is 0 Å². The number of morpholine rings is 1. The molecule has 164 valence electrons. The molecule has 7 nitrogen and oxygen atoms in total. The molecule has 3 aliphatic rings. The molecular weight excluding hydrogens is 401 g/mol. The van der Waals surface area contributed by atoms with Crippen LogP contribution in [-0.4, -0.2) is 69.6 Å². The van der Waals surface area contributed by atoms with Gasteiger partial charge < -0.3 is 14.2 Å². The molecule has 3 fully saturated rings. The molecule has 0 unspecified atom stereocenters. The van der Waals surface area contributed by atoms with Crippen molar-refractivity contribution >= 4 is 17.4 Å². The van der Waals surface area contributed by atoms with Crippen LogP contribution >= 0.6 is 0 Å². The Morgan fingerprint density at radius 2 is 1.90 bits per heavy atom. The second-order valence-corrected chi connectivity index (χ2v) is 8.09. The summed E-state index contributed by atoms with van der Waals surface area (Å²) in [6.45, 7) is 4.13. The van der Waals surface area contributed by atoms with Crippen LogP contribution < -0.4 is 19.3 Å². The Hall–Kier alpha value is -2.84. The number of halogens is 1. The van der Waals surface area contributed by atoms with Crippen molar-refractivity contribution in [1.29, 1.82) is 0 Å². The van der Waals surface area contributed by atoms with E-state index in [1.165, 1.54) is 12.1 Å². The van der Waals surface area contributed by atoms with Crippen LogP contribution in [0.5, 0.6) is 11.5 Å². The second kappa shape index (κ2) is 8.36. The fourth-order valence-corrected chi connectivity index (χ4v) is 4.63. The number of fused-ring (bicyclic) bond motifs is 2. The van der Waals surface area contributed by atoms with E-state index in [1.807, 2.05) is 18.2 Å². The molecule has 3 aliphatic heterocycles. The second-order valence-electron chi connectivity index (χ2n) is 8.09. The first kappa shape index (κ1) is 20.1. The van der Waals surface area contributed by atoms with Gasteiger partial charge in [0.25, 0.3) is 0 Å². The molecule has 8 heteroatoms. The summed E-state index contributed by atoms with van der Waals surface area (Å²) < 4.78 is 30.7. The van der Waals surface area contributed by atoms with Crippen LogP contribution in [0.25, 0.3) is 0 Å². The minimum Gasteiger partial charge on any atom is -0.493 e. The number of carbonyl (C=O) groups is 1. The van der Waals surface area contributed by atoms with Crippen LogP contribution in [0.1, 0.15) is 6.42 Å². The topological polar surface area (TPSA) is 54.5 Å². The molecule has 0 aromatic heterocycles. The number of hydrogen-bond acceptors (Lipinski definition) is 5. The van der Waals surface area contributed by atoms with Crippen LogP contribution in [0.3, 0.4) is 0 Å². The Balaban J connectivity index is 1.27. The largest absolute Gasteiger partial charge is 0.493 e. The van der Waals surface area contributed by atoms with Gasteiger partial charge in [0, 0.05) is 49.7 Å². The lowest BCUT2D eigenvalue weighted by Crippen LogP contribution is -2.39. The monoisotopic (exact) mass is 427 g/mol. The van der Waals surface area contributed by atoms with E-state index >= 15 is 0 Å². The van der Waals surface area contributed by atoms with Gasteiger partial charge in [-0.15, -0.1) is 0 Å². The van der Waals surface area contributed by atoms with Crippen LogP contribution in [0.2, 0.25) is 0 Å². The molecule has 2 amide bonds. The van der Waals surface area contributed by atoms with Crippen molar-refractivity contribution in [2.75, 3.05) is 56.3 Å². The molecule has 0 radical (unpaired) electrons. The summed E-state index contributed by atoms with van der Waals surface area (Å²) in [6.07, 6.45) is 1.47. The summed E-state index contributed by atoms with van der Waals surface area (Å²) in [5.41, 5.74) is 1.29. The average Bonchev–Trinajstić information content (AvgIpc) is 3.49. The highest BCUT2D eigenvalue weighted by Gasteiger charge is 2.38. The maximum absolute atomic E-state index is 13.6. The predicted octanol–water partition coefficient (Wildman–Crippen LogP) is 3.13. The van der Waals surface area contributed by atoms with E-state index in [9.17, 15) is 9.18 Å². The highest BCUT2D eigenvalue weighted by atomic mass is 19.1. The number of carbonyl (C=O) groups excluding carboxylic acids is 1. The van der Waals surface area contributed by atoms with Gasteiger partial charge in [-0.2, -0.15) is 0 Å². The van der Waals surface area contributed by atoms with Crippen molar-refractivity contribution in [3.8, 4) is 11.5 Å². The molecule has 2 aromatic carbocycles. The van der Waals surface area contributed by atoms with Crippen LogP contribution in [0.15, 0.2) is 42.5 Å². The first-order valence-corrected chi connectivity index (χ1v) is 10.6. The van der Waals surface area contributed by atoms with E-state index in [4.69, 9.17) is 14.2 Å². The van der Waals surface area contributed by atoms with Crippen molar-refractivity contribution in [3.63, 3.8) is 0 Å². The van der Waals surface area contributed by atoms with Crippen molar-refractivity contribution in [3.05, 3.63) is 48.3 Å². The first-order chi connectivity index (χ1) is 15.1. The normalized spacial score (nSPS) is 23.1. The van der Waals surface area contributed by atoms with E-state index in [0.717, 1.165) is 31.8 Å². The van der Waals surface area contributed by atoms with Crippen molar-refractivity contribution < 1.29 is 23.4 Å². The number of methoxy groups -OCH3 is 1. The maximum Gasteiger partial charge on any atom is 0.329 e. The van der Waals surface area contributed by atoms with Gasteiger partial charge in [-0.3, -0.25) is 14.7 Å². The lowest BCUT2D eigenvalue weighted by Gasteiger charge is -2.26. The summed E-state index contributed by atoms with van der Waals surface area (Å²) in [4.78, 5) is 18.6. The summed E-state index contributed by atoms with van der Waals surface area (Å²) in [7, 11) is 1.60. The molecule has 31 heavy (non-hydrogen) atoms. The van der Waals surface area contributed by atoms with Crippen LogP contribution in [0.4, 0.5) is 20.6 Å². The van der Waals surface area contributed by atoms with E-state index in [-0.39, 0.29) is 11.8 Å². The highest BCUT2D eigenvalue weighted by Crippen LogP contribution is 2.34. The van der Waals surface area contributed by atoms with Crippen LogP contribution in [0, 0.1) is 5.82 Å². The number of hydrogen-bond donors (Lipinski definition) is 0. The quantitative estimate of drug-likeness (QED) is 0.680. The van der Waals surface area contributed by atoms with Crippen molar-refractivity contribution in [1.82, 2.24) is 4.90 Å². The molecule has 2 aromatic rings. The smallest absolute Gasteiger partial charge is 0.329 e. The number of urea groups is 1. The van der Waals surface area contributed by atoms with Crippen LogP contribution in [-0.2, 0) is 4.74 Å². The fraction of sp³-hybridized carbons (Fsp3) is 0.435. The number of likely N-dealkylation sites (tertiary alicyclic amines) is 1. The zero-order valence-corrected chi connectivity index (χ0v) is 17.5. The number of nitrogens with zero attached hydrogens (tertiary/aromatic N) is 3. The number of ether oxygens (including phenoxy) is 3. The average molecular weight is 427 g/mol. The Morgan fingerprint density at radius 3 is 2.58 bits per heavy atom. The third-order valence-corrected chi connectivity index (χ3v) is 6.24. The molecule has 3 saturated heterocycles. The van der Waals surface area contributed by atoms with Crippen molar-refractivity contribution in [2.24, 2.45) is 0 Å². The highest BCUT2D eigenvalue weighted by molar-refractivity contribution is 6.06. The Morgan fingerprint density at radius 1 is 1.10 bits per heavy atom. The molecule has 0 spiro atoms. The third-order valence-electron chi connectivity index (χ3n) is 6.24. The third kappa shape index (κ3) is 3.93. The Labute approximate surface area is 180 Å². The lowest BCUT2D eigenvalue weighted by atomic mass is 10.2. The molecular formula is C23H26FN3O4. The Bertz CT molecular complexity index is 972. The number of amides is 2.